The van der Waals surface area contributed by atoms with Gasteiger partial charge >= 0.3 is 5.97 Å². The number of hydrogen-bond donors (Lipinski definition) is 1. The van der Waals surface area contributed by atoms with Gasteiger partial charge in [-0.3, -0.25) is 9.69 Å². The molecular formula is C8H16N2O2. The maximum atomic E-state index is 11.3. The van der Waals surface area contributed by atoms with E-state index in [9.17, 15) is 4.79 Å². The van der Waals surface area contributed by atoms with Crippen LogP contribution in [-0.2, 0) is 9.53 Å². The summed E-state index contributed by atoms with van der Waals surface area (Å²) in [7, 11) is 1.90. The SMILES string of the molecule is CCOC(=O)C1CC(N)CN1C. The molecule has 0 aromatic carbocycles. The summed E-state index contributed by atoms with van der Waals surface area (Å²) in [4.78, 5) is 13.2. The number of nitrogens with zero attached hydrogens (tertiary/aromatic N) is 1. The second-order valence-electron chi connectivity index (χ2n) is 3.20. The van der Waals surface area contributed by atoms with E-state index in [2.05, 4.69) is 0 Å². The van der Waals surface area contributed by atoms with Crippen LogP contribution in [0, 0.1) is 0 Å². The van der Waals surface area contributed by atoms with Crippen molar-refractivity contribution in [2.45, 2.75) is 25.4 Å². The molecule has 0 aliphatic carbocycles. The zero-order chi connectivity index (χ0) is 9.14. The van der Waals surface area contributed by atoms with Gasteiger partial charge < -0.3 is 10.5 Å². The number of likely N-dealkylation sites (N-methyl/N-ethyl adjacent to an activating group) is 1. The molecule has 0 radical (unpaired) electrons. The Hall–Kier alpha value is -0.610. The number of carbonyl (C=O) groups is 1. The summed E-state index contributed by atoms with van der Waals surface area (Å²) in [5, 5.41) is 0. The minimum atomic E-state index is -0.145. The number of rotatable bonds is 2. The van der Waals surface area contributed by atoms with Gasteiger partial charge in [0.05, 0.1) is 6.61 Å². The fourth-order valence-electron chi connectivity index (χ4n) is 1.55. The van der Waals surface area contributed by atoms with Crippen LogP contribution in [0.15, 0.2) is 0 Å². The molecule has 0 amide bonds. The lowest BCUT2D eigenvalue weighted by molar-refractivity contribution is -0.147. The van der Waals surface area contributed by atoms with Gasteiger partial charge in [0.15, 0.2) is 0 Å². The van der Waals surface area contributed by atoms with E-state index in [1.807, 2.05) is 18.9 Å². The predicted octanol–water partition coefficient (Wildman–Crippen LogP) is -0.419. The lowest BCUT2D eigenvalue weighted by Crippen LogP contribution is -2.34. The minimum Gasteiger partial charge on any atom is -0.465 e. The molecule has 0 aromatic rings. The smallest absolute Gasteiger partial charge is 0.323 e. The first-order valence-electron chi connectivity index (χ1n) is 4.27. The quantitative estimate of drug-likeness (QED) is 0.575. The van der Waals surface area contributed by atoms with Gasteiger partial charge in [-0.2, -0.15) is 0 Å². The predicted molar refractivity (Wildman–Crippen MR) is 45.6 cm³/mol. The van der Waals surface area contributed by atoms with Crippen LogP contribution in [0.4, 0.5) is 0 Å². The van der Waals surface area contributed by atoms with E-state index in [-0.39, 0.29) is 18.1 Å². The molecule has 12 heavy (non-hydrogen) atoms. The van der Waals surface area contributed by atoms with Crippen molar-refractivity contribution < 1.29 is 9.53 Å². The van der Waals surface area contributed by atoms with Crippen LogP contribution in [0.3, 0.4) is 0 Å². The maximum Gasteiger partial charge on any atom is 0.323 e. The topological polar surface area (TPSA) is 55.6 Å². The highest BCUT2D eigenvalue weighted by atomic mass is 16.5. The Bertz CT molecular complexity index is 172. The van der Waals surface area contributed by atoms with Gasteiger partial charge in [0.2, 0.25) is 0 Å². The molecule has 1 rings (SSSR count). The number of esters is 1. The Balaban J connectivity index is 2.46. The largest absolute Gasteiger partial charge is 0.465 e. The van der Waals surface area contributed by atoms with Crippen LogP contribution in [0.5, 0.6) is 0 Å². The summed E-state index contributed by atoms with van der Waals surface area (Å²) in [6.45, 7) is 3.04. The summed E-state index contributed by atoms with van der Waals surface area (Å²) in [6, 6.07) is -0.00986. The lowest BCUT2D eigenvalue weighted by Gasteiger charge is -2.16. The molecule has 1 aliphatic heterocycles. The Morgan fingerprint density at radius 2 is 2.42 bits per heavy atom. The molecule has 0 bridgehead atoms. The van der Waals surface area contributed by atoms with Crippen LogP contribution in [0.25, 0.3) is 0 Å². The molecule has 1 aliphatic rings. The normalized spacial score (nSPS) is 30.6. The van der Waals surface area contributed by atoms with E-state index in [0.717, 1.165) is 13.0 Å². The van der Waals surface area contributed by atoms with Crippen LogP contribution in [0.1, 0.15) is 13.3 Å². The molecule has 1 heterocycles. The van der Waals surface area contributed by atoms with Crippen molar-refractivity contribution in [3.63, 3.8) is 0 Å². The summed E-state index contributed by atoms with van der Waals surface area (Å²) >= 11 is 0. The monoisotopic (exact) mass is 172 g/mol. The summed E-state index contributed by atoms with van der Waals surface area (Å²) in [5.74, 6) is -0.145. The standard InChI is InChI=1S/C8H16N2O2/c1-3-12-8(11)7-4-6(9)5-10(7)2/h6-7H,3-5,9H2,1-2H3. The third-order valence-corrected chi connectivity index (χ3v) is 2.14. The third-order valence-electron chi connectivity index (χ3n) is 2.14. The first-order chi connectivity index (χ1) is 5.65. The highest BCUT2D eigenvalue weighted by Gasteiger charge is 2.33. The second-order valence-corrected chi connectivity index (χ2v) is 3.20. The van der Waals surface area contributed by atoms with Gasteiger partial charge in [-0.1, -0.05) is 0 Å². The number of nitrogens with two attached hydrogens (primary N) is 1. The van der Waals surface area contributed by atoms with Gasteiger partial charge in [0, 0.05) is 12.6 Å². The van der Waals surface area contributed by atoms with Crippen molar-refractivity contribution in [2.24, 2.45) is 5.73 Å². The van der Waals surface area contributed by atoms with Gasteiger partial charge in [-0.15, -0.1) is 0 Å². The molecule has 0 saturated carbocycles. The van der Waals surface area contributed by atoms with Crippen LogP contribution >= 0.6 is 0 Å². The molecule has 0 aromatic heterocycles. The Morgan fingerprint density at radius 1 is 1.75 bits per heavy atom. The molecule has 0 spiro atoms. The summed E-state index contributed by atoms with van der Waals surface area (Å²) in [6.07, 6.45) is 0.718. The van der Waals surface area contributed by atoms with E-state index in [1.165, 1.54) is 0 Å². The van der Waals surface area contributed by atoms with Crippen molar-refractivity contribution >= 4 is 5.97 Å². The Kier molecular flexibility index (Phi) is 3.05. The van der Waals surface area contributed by atoms with Crippen molar-refractivity contribution in [1.82, 2.24) is 4.90 Å². The van der Waals surface area contributed by atoms with Gasteiger partial charge in [0.1, 0.15) is 6.04 Å². The first kappa shape index (κ1) is 9.48. The summed E-state index contributed by atoms with van der Waals surface area (Å²) in [5.41, 5.74) is 5.70. The van der Waals surface area contributed by atoms with Gasteiger partial charge in [0.25, 0.3) is 0 Å². The van der Waals surface area contributed by atoms with Gasteiger partial charge in [-0.25, -0.2) is 0 Å². The average Bonchev–Trinajstić information content (AvgIpc) is 2.30. The van der Waals surface area contributed by atoms with Crippen LogP contribution in [0.2, 0.25) is 0 Å². The molecule has 4 nitrogen and oxygen atoms in total. The average molecular weight is 172 g/mol. The number of ether oxygens (including phenoxy) is 1. The van der Waals surface area contributed by atoms with E-state index in [0.29, 0.717) is 6.61 Å². The first-order valence-corrected chi connectivity index (χ1v) is 4.27. The van der Waals surface area contributed by atoms with Crippen molar-refractivity contribution in [1.29, 1.82) is 0 Å². The van der Waals surface area contributed by atoms with Crippen LogP contribution in [-0.4, -0.2) is 43.2 Å². The van der Waals surface area contributed by atoms with E-state index < -0.39 is 0 Å². The van der Waals surface area contributed by atoms with E-state index in [1.54, 1.807) is 0 Å². The van der Waals surface area contributed by atoms with Crippen molar-refractivity contribution in [3.8, 4) is 0 Å². The molecule has 4 heteroatoms. The Morgan fingerprint density at radius 3 is 2.83 bits per heavy atom. The summed E-state index contributed by atoms with van der Waals surface area (Å²) < 4.78 is 4.91. The molecular weight excluding hydrogens is 156 g/mol. The van der Waals surface area contributed by atoms with E-state index in [4.69, 9.17) is 10.5 Å². The number of likely N-dealkylation sites (tertiary alicyclic amines) is 1. The van der Waals surface area contributed by atoms with Gasteiger partial charge in [-0.05, 0) is 20.4 Å². The van der Waals surface area contributed by atoms with Crippen molar-refractivity contribution in [3.05, 3.63) is 0 Å². The zero-order valence-electron chi connectivity index (χ0n) is 7.62. The van der Waals surface area contributed by atoms with E-state index >= 15 is 0 Å². The van der Waals surface area contributed by atoms with Crippen molar-refractivity contribution in [2.75, 3.05) is 20.2 Å². The highest BCUT2D eigenvalue weighted by Crippen LogP contribution is 2.15. The number of carbonyl (C=O) groups excluding carboxylic acids is 1. The fraction of sp³-hybridized carbons (Fsp3) is 0.875. The molecule has 2 unspecified atom stereocenters. The second kappa shape index (κ2) is 3.87. The number of hydrogen-bond acceptors (Lipinski definition) is 4. The minimum absolute atomic E-state index is 0.115. The highest BCUT2D eigenvalue weighted by molar-refractivity contribution is 5.76. The Labute approximate surface area is 72.7 Å². The fourth-order valence-corrected chi connectivity index (χ4v) is 1.55. The molecule has 1 saturated heterocycles. The molecule has 2 N–H and O–H groups in total. The molecule has 1 fully saturated rings. The molecule has 70 valence electrons. The van der Waals surface area contributed by atoms with Crippen LogP contribution < -0.4 is 5.73 Å². The zero-order valence-corrected chi connectivity index (χ0v) is 7.62. The maximum absolute atomic E-state index is 11.3. The lowest BCUT2D eigenvalue weighted by atomic mass is 10.2. The third kappa shape index (κ3) is 1.95. The molecule has 2 atom stereocenters.